The number of hydrogen-bond acceptors (Lipinski definition) is 4. The Balaban J connectivity index is 1.99. The minimum absolute atomic E-state index is 0.0335. The van der Waals surface area contributed by atoms with Crippen molar-refractivity contribution in [1.82, 2.24) is 14.8 Å². The van der Waals surface area contributed by atoms with Crippen LogP contribution in [0.1, 0.15) is 38.7 Å². The van der Waals surface area contributed by atoms with Crippen LogP contribution in [-0.4, -0.2) is 20.5 Å². The molecule has 3 heterocycles. The summed E-state index contributed by atoms with van der Waals surface area (Å²) in [4.78, 5) is 5.84. The number of fused-ring (bicyclic) bond motifs is 3. The average molecular weight is 346 g/mol. The molecule has 0 radical (unpaired) electrons. The molecule has 4 nitrogen and oxygen atoms in total. The zero-order valence-corrected chi connectivity index (χ0v) is 13.9. The number of rotatable bonds is 2. The van der Waals surface area contributed by atoms with E-state index in [1.165, 1.54) is 11.3 Å². The summed E-state index contributed by atoms with van der Waals surface area (Å²) >= 11 is 7.94. The van der Waals surface area contributed by atoms with Gasteiger partial charge in [-0.3, -0.25) is 9.56 Å². The lowest BCUT2D eigenvalue weighted by atomic mass is 10.0. The van der Waals surface area contributed by atoms with E-state index in [1.807, 2.05) is 24.3 Å². The van der Waals surface area contributed by atoms with E-state index in [-0.39, 0.29) is 12.4 Å². The molecule has 1 aliphatic heterocycles. The standard InChI is InChI=1S/C17H15ClN4S/c1-3-11-8-13-16(12-6-4-5-7-14(12)18)19-9-15-21-20-10(2)22(15)17(13)23-11/h4-8H,3,9H2,1-2H3/i2D3. The smallest absolute Gasteiger partial charge is 0.160 e. The highest BCUT2D eigenvalue weighted by atomic mass is 35.5. The van der Waals surface area contributed by atoms with E-state index in [1.54, 1.807) is 4.57 Å². The molecule has 6 heteroatoms. The SMILES string of the molecule is [2H]C([2H])([2H])c1nnc2n1-c1sc(CC)cc1C(c1ccccc1Cl)=NC2. The molecule has 1 aromatic carbocycles. The Morgan fingerprint density at radius 2 is 2.17 bits per heavy atom. The second-order valence-electron chi connectivity index (χ2n) is 5.21. The fourth-order valence-corrected chi connectivity index (χ4v) is 4.04. The maximum atomic E-state index is 7.80. The normalized spacial score (nSPS) is 15.7. The van der Waals surface area contributed by atoms with Crippen LogP contribution < -0.4 is 0 Å². The lowest BCUT2D eigenvalue weighted by Gasteiger charge is -2.08. The topological polar surface area (TPSA) is 43.1 Å². The molecule has 0 N–H and O–H groups in total. The van der Waals surface area contributed by atoms with Gasteiger partial charge in [-0.05, 0) is 25.4 Å². The van der Waals surface area contributed by atoms with E-state index < -0.39 is 6.85 Å². The number of benzene rings is 1. The molecule has 0 amide bonds. The minimum Gasteiger partial charge on any atom is -0.276 e. The first-order valence-corrected chi connectivity index (χ1v) is 8.47. The van der Waals surface area contributed by atoms with Crippen LogP contribution in [0.5, 0.6) is 0 Å². The fraction of sp³-hybridized carbons (Fsp3) is 0.235. The molecule has 0 saturated carbocycles. The Morgan fingerprint density at radius 1 is 1.30 bits per heavy atom. The van der Waals surface area contributed by atoms with Gasteiger partial charge in [-0.25, -0.2) is 0 Å². The number of halogens is 1. The monoisotopic (exact) mass is 345 g/mol. The van der Waals surface area contributed by atoms with Crippen LogP contribution in [0.15, 0.2) is 35.3 Å². The van der Waals surface area contributed by atoms with Crippen LogP contribution in [0.25, 0.3) is 5.00 Å². The summed E-state index contributed by atoms with van der Waals surface area (Å²) in [6, 6.07) is 9.59. The van der Waals surface area contributed by atoms with Crippen molar-refractivity contribution in [3.05, 3.63) is 63.0 Å². The predicted octanol–water partition coefficient (Wildman–Crippen LogP) is 4.20. The largest absolute Gasteiger partial charge is 0.276 e. The van der Waals surface area contributed by atoms with Crippen molar-refractivity contribution in [1.29, 1.82) is 0 Å². The van der Waals surface area contributed by atoms with E-state index in [0.29, 0.717) is 10.8 Å². The minimum atomic E-state index is -2.35. The molecule has 2 aromatic heterocycles. The third kappa shape index (κ3) is 2.31. The molecule has 0 spiro atoms. The third-order valence-electron chi connectivity index (χ3n) is 3.81. The first kappa shape index (κ1) is 11.5. The predicted molar refractivity (Wildman–Crippen MR) is 94.1 cm³/mol. The number of nitrogens with zero attached hydrogens (tertiary/aromatic N) is 4. The van der Waals surface area contributed by atoms with Gasteiger partial charge in [-0.15, -0.1) is 21.5 Å². The number of aryl methyl sites for hydroxylation is 2. The van der Waals surface area contributed by atoms with Gasteiger partial charge in [0.05, 0.1) is 5.71 Å². The molecule has 0 unspecified atom stereocenters. The van der Waals surface area contributed by atoms with E-state index >= 15 is 0 Å². The highest BCUT2D eigenvalue weighted by Gasteiger charge is 2.24. The van der Waals surface area contributed by atoms with Crippen LogP contribution in [0, 0.1) is 6.85 Å². The second kappa shape index (κ2) is 5.58. The van der Waals surface area contributed by atoms with Gasteiger partial charge in [0.15, 0.2) is 5.82 Å². The molecule has 0 fully saturated rings. The molecule has 1 aliphatic rings. The van der Waals surface area contributed by atoms with E-state index in [9.17, 15) is 0 Å². The van der Waals surface area contributed by atoms with Gasteiger partial charge in [0, 0.05) is 25.1 Å². The van der Waals surface area contributed by atoms with Gasteiger partial charge in [-0.1, -0.05) is 36.7 Å². The van der Waals surface area contributed by atoms with Crippen molar-refractivity contribution in [2.75, 3.05) is 0 Å². The number of hydrogen-bond donors (Lipinski definition) is 0. The van der Waals surface area contributed by atoms with Crippen molar-refractivity contribution < 1.29 is 4.11 Å². The second-order valence-corrected chi connectivity index (χ2v) is 6.73. The van der Waals surface area contributed by atoms with Crippen molar-refractivity contribution in [3.63, 3.8) is 0 Å². The van der Waals surface area contributed by atoms with E-state index in [2.05, 4.69) is 23.2 Å². The Hall–Kier alpha value is -1.98. The maximum absolute atomic E-state index is 7.80. The molecule has 0 saturated heterocycles. The Labute approximate surface area is 147 Å². The quantitative estimate of drug-likeness (QED) is 0.698. The summed E-state index contributed by atoms with van der Waals surface area (Å²) in [5.74, 6) is 0.484. The molecule has 116 valence electrons. The maximum Gasteiger partial charge on any atom is 0.160 e. The van der Waals surface area contributed by atoms with Gasteiger partial charge < -0.3 is 0 Å². The summed E-state index contributed by atoms with van der Waals surface area (Å²) < 4.78 is 25.0. The van der Waals surface area contributed by atoms with Crippen LogP contribution >= 0.6 is 22.9 Å². The third-order valence-corrected chi connectivity index (χ3v) is 5.40. The van der Waals surface area contributed by atoms with Crippen LogP contribution in [0.3, 0.4) is 0 Å². The van der Waals surface area contributed by atoms with Gasteiger partial charge in [0.25, 0.3) is 0 Å². The molecule has 0 atom stereocenters. The molecular weight excluding hydrogens is 328 g/mol. The van der Waals surface area contributed by atoms with Crippen LogP contribution in [0.4, 0.5) is 0 Å². The summed E-state index contributed by atoms with van der Waals surface area (Å²) in [6.45, 7) is -0.0461. The van der Waals surface area contributed by atoms with Gasteiger partial charge >= 0.3 is 0 Å². The van der Waals surface area contributed by atoms with Crippen molar-refractivity contribution >= 4 is 28.6 Å². The zero-order valence-electron chi connectivity index (χ0n) is 15.4. The molecule has 23 heavy (non-hydrogen) atoms. The summed E-state index contributed by atoms with van der Waals surface area (Å²) in [5, 5.41) is 9.40. The number of aromatic nitrogens is 3. The molecule has 0 aliphatic carbocycles. The lowest BCUT2D eigenvalue weighted by molar-refractivity contribution is 0.869. The Kier molecular flexibility index (Phi) is 2.80. The molecule has 3 aromatic rings. The molecular formula is C17H15ClN4S. The van der Waals surface area contributed by atoms with Crippen molar-refractivity contribution in [2.45, 2.75) is 26.7 Å². The highest BCUT2D eigenvalue weighted by Crippen LogP contribution is 2.34. The molecule has 4 rings (SSSR count). The summed E-state index contributed by atoms with van der Waals surface area (Å²) in [6.07, 6.45) is 0.841. The first-order valence-electron chi connectivity index (χ1n) is 8.77. The zero-order chi connectivity index (χ0) is 18.5. The molecule has 0 bridgehead atoms. The lowest BCUT2D eigenvalue weighted by Crippen LogP contribution is -2.05. The number of aliphatic imine (C=N–C) groups is 1. The van der Waals surface area contributed by atoms with Crippen molar-refractivity contribution in [3.8, 4) is 5.00 Å². The Bertz CT molecular complexity index is 1020. The van der Waals surface area contributed by atoms with Crippen LogP contribution in [-0.2, 0) is 13.0 Å². The van der Waals surface area contributed by atoms with E-state index in [4.69, 9.17) is 20.7 Å². The number of thiophene rings is 1. The van der Waals surface area contributed by atoms with Gasteiger partial charge in [-0.2, -0.15) is 0 Å². The Morgan fingerprint density at radius 3 is 2.96 bits per heavy atom. The van der Waals surface area contributed by atoms with Gasteiger partial charge in [0.1, 0.15) is 17.4 Å². The highest BCUT2D eigenvalue weighted by molar-refractivity contribution is 7.15. The van der Waals surface area contributed by atoms with Crippen molar-refractivity contribution in [2.24, 2.45) is 4.99 Å². The van der Waals surface area contributed by atoms with Crippen LogP contribution in [0.2, 0.25) is 5.02 Å². The van der Waals surface area contributed by atoms with E-state index in [0.717, 1.165) is 33.1 Å². The fourth-order valence-electron chi connectivity index (χ4n) is 2.69. The summed E-state index contributed by atoms with van der Waals surface area (Å²) in [7, 11) is 0. The van der Waals surface area contributed by atoms with Gasteiger partial charge in [0.2, 0.25) is 0 Å². The first-order chi connectivity index (χ1) is 12.4. The average Bonchev–Trinajstić information content (AvgIpc) is 3.17. The summed E-state index contributed by atoms with van der Waals surface area (Å²) in [5.41, 5.74) is 2.44.